The first kappa shape index (κ1) is 43.9. The van der Waals surface area contributed by atoms with Crippen molar-refractivity contribution >= 4 is 35.5 Å². The molecule has 2 amide bonds. The highest BCUT2D eigenvalue weighted by atomic mass is 32.2. The summed E-state index contributed by atoms with van der Waals surface area (Å²) >= 11 is 1.83. The number of rotatable bonds is 4. The quantitative estimate of drug-likeness (QED) is 0.317. The number of thioether (sulfide) groups is 1. The molecule has 0 aromatic heterocycles. The normalized spacial score (nSPS) is 15.8. The SMILES string of the molecule is C#C.C#C.C#C.C=C.CC(C)C.CC=O.CCNC1=NCCCS1.O=CN1CCC[C@H]1C(=O)NC1CC1. The molecule has 2 aliphatic heterocycles. The predicted molar refractivity (Wildman–Crippen MR) is 163 cm³/mol. The lowest BCUT2D eigenvalue weighted by molar-refractivity contribution is -0.131. The second-order valence-corrected chi connectivity index (χ2v) is 8.75. The van der Waals surface area contributed by atoms with Crippen LogP contribution in [0.5, 0.6) is 0 Å². The van der Waals surface area contributed by atoms with Crippen LogP contribution in [0.25, 0.3) is 0 Å². The molecule has 2 heterocycles. The van der Waals surface area contributed by atoms with E-state index in [-0.39, 0.29) is 11.9 Å². The molecule has 0 aromatic rings. The van der Waals surface area contributed by atoms with Crippen LogP contribution in [0.15, 0.2) is 18.2 Å². The van der Waals surface area contributed by atoms with Crippen molar-refractivity contribution in [3.63, 3.8) is 0 Å². The molecular weight excluding hydrogens is 484 g/mol. The summed E-state index contributed by atoms with van der Waals surface area (Å²) in [5, 5.41) is 7.25. The highest BCUT2D eigenvalue weighted by Crippen LogP contribution is 2.21. The molecule has 2 N–H and O–H groups in total. The molecule has 1 saturated carbocycles. The fourth-order valence-electron chi connectivity index (χ4n) is 2.44. The number of nitrogens with zero attached hydrogens (tertiary/aromatic N) is 2. The lowest BCUT2D eigenvalue weighted by Gasteiger charge is -2.18. The first-order valence-corrected chi connectivity index (χ1v) is 13.2. The van der Waals surface area contributed by atoms with Crippen LogP contribution >= 0.6 is 11.8 Å². The summed E-state index contributed by atoms with van der Waals surface area (Å²) < 4.78 is 0. The Morgan fingerprint density at radius 3 is 1.92 bits per heavy atom. The van der Waals surface area contributed by atoms with Gasteiger partial charge in [0.1, 0.15) is 12.3 Å². The van der Waals surface area contributed by atoms with Crippen LogP contribution in [0.1, 0.15) is 66.7 Å². The Bertz CT molecular complexity index is 609. The second kappa shape index (κ2) is 37.4. The first-order chi connectivity index (χ1) is 17.9. The Morgan fingerprint density at radius 1 is 1.08 bits per heavy atom. The van der Waals surface area contributed by atoms with Gasteiger partial charge in [-0.1, -0.05) is 32.5 Å². The molecule has 1 saturated heterocycles. The van der Waals surface area contributed by atoms with Gasteiger partial charge in [-0.2, -0.15) is 0 Å². The van der Waals surface area contributed by atoms with E-state index >= 15 is 0 Å². The van der Waals surface area contributed by atoms with Crippen LogP contribution in [0.4, 0.5) is 0 Å². The van der Waals surface area contributed by atoms with Gasteiger partial charge in [-0.05, 0) is 51.9 Å². The number of carbonyl (C=O) groups excluding carboxylic acids is 3. The smallest absolute Gasteiger partial charge is 0.243 e. The number of carbonyl (C=O) groups is 3. The zero-order valence-electron chi connectivity index (χ0n) is 23.7. The highest BCUT2D eigenvalue weighted by molar-refractivity contribution is 8.13. The Hall–Kier alpha value is -3.15. The number of hydrogen-bond acceptors (Lipinski definition) is 6. The number of amides is 2. The second-order valence-electron chi connectivity index (χ2n) is 7.67. The van der Waals surface area contributed by atoms with Gasteiger partial charge >= 0.3 is 0 Å². The molecule has 8 heteroatoms. The number of aliphatic imine (C=N–C) groups is 1. The number of terminal acetylenes is 3. The molecule has 3 aliphatic rings. The van der Waals surface area contributed by atoms with E-state index in [1.165, 1.54) is 19.1 Å². The van der Waals surface area contributed by atoms with Crippen molar-refractivity contribution in [1.29, 1.82) is 0 Å². The summed E-state index contributed by atoms with van der Waals surface area (Å²) in [5.74, 6) is 2.10. The van der Waals surface area contributed by atoms with Gasteiger partial charge in [-0.25, -0.2) is 0 Å². The maximum absolute atomic E-state index is 11.6. The van der Waals surface area contributed by atoms with E-state index in [0.717, 1.165) is 69.1 Å². The third kappa shape index (κ3) is 32.9. The van der Waals surface area contributed by atoms with E-state index in [0.29, 0.717) is 6.04 Å². The van der Waals surface area contributed by atoms with Gasteiger partial charge in [-0.3, -0.25) is 14.6 Å². The average molecular weight is 535 g/mol. The van der Waals surface area contributed by atoms with Gasteiger partial charge in [0.2, 0.25) is 12.3 Å². The summed E-state index contributed by atoms with van der Waals surface area (Å²) in [6.45, 7) is 18.8. The molecule has 1 atom stereocenters. The van der Waals surface area contributed by atoms with Gasteiger partial charge in [0.05, 0.1) is 0 Å². The van der Waals surface area contributed by atoms with Crippen LogP contribution in [0.2, 0.25) is 0 Å². The van der Waals surface area contributed by atoms with Crippen molar-refractivity contribution < 1.29 is 14.4 Å². The van der Waals surface area contributed by atoms with E-state index in [1.54, 1.807) is 4.90 Å². The van der Waals surface area contributed by atoms with Crippen molar-refractivity contribution in [2.24, 2.45) is 10.9 Å². The highest BCUT2D eigenvalue weighted by Gasteiger charge is 2.33. The van der Waals surface area contributed by atoms with E-state index in [1.807, 2.05) is 11.8 Å². The third-order valence-corrected chi connectivity index (χ3v) is 4.82. The van der Waals surface area contributed by atoms with Crippen LogP contribution in [-0.2, 0) is 14.4 Å². The van der Waals surface area contributed by atoms with Gasteiger partial charge in [0.15, 0.2) is 5.17 Å². The molecular formula is C29H50N4O3S. The van der Waals surface area contributed by atoms with Gasteiger partial charge in [0.25, 0.3) is 0 Å². The van der Waals surface area contributed by atoms with E-state index in [9.17, 15) is 9.59 Å². The molecule has 0 spiro atoms. The van der Waals surface area contributed by atoms with E-state index in [4.69, 9.17) is 4.79 Å². The minimum absolute atomic E-state index is 0.0344. The lowest BCUT2D eigenvalue weighted by Crippen LogP contribution is -2.43. The molecule has 2 fully saturated rings. The standard InChI is InChI=1S/C9H14N2O2.C6H12N2S.C4H10.C2H4O.C2H4.3C2H2/c12-6-11-5-1-2-8(11)9(13)10-7-3-4-7;1-2-7-6-8-4-3-5-9-6;1-4(2)3;1-2-3;4*1-2/h6-8H,1-5H2,(H,10,13);2-5H2,1H3,(H,7,8);4H,1-3H3;2H,1H3;1-2H2;3*1-2H/t8-;;;;;;;/m0......./s1. The summed E-state index contributed by atoms with van der Waals surface area (Å²) in [4.78, 5) is 36.8. The zero-order valence-corrected chi connectivity index (χ0v) is 24.5. The van der Waals surface area contributed by atoms with Gasteiger partial charge in [0, 0.05) is 31.4 Å². The fraction of sp³-hybridized carbons (Fsp3) is 0.586. The molecule has 0 unspecified atom stereocenters. The Morgan fingerprint density at radius 2 is 1.57 bits per heavy atom. The van der Waals surface area contributed by atoms with Crippen LogP contribution < -0.4 is 10.6 Å². The number of aldehydes is 1. The number of amidine groups is 1. The van der Waals surface area contributed by atoms with E-state index in [2.05, 4.69) is 95.0 Å². The van der Waals surface area contributed by atoms with E-state index < -0.39 is 0 Å². The molecule has 3 rings (SSSR count). The van der Waals surface area contributed by atoms with Crippen LogP contribution in [0, 0.1) is 44.5 Å². The Balaban J connectivity index is -0.000000125. The monoisotopic (exact) mass is 534 g/mol. The first-order valence-electron chi connectivity index (χ1n) is 12.2. The number of hydrogen-bond donors (Lipinski definition) is 2. The van der Waals surface area contributed by atoms with Crippen molar-refractivity contribution in [3.8, 4) is 38.5 Å². The molecule has 0 aromatic carbocycles. The molecule has 210 valence electrons. The van der Waals surface area contributed by atoms with Crippen molar-refractivity contribution in [2.75, 3.05) is 25.4 Å². The van der Waals surface area contributed by atoms with Gasteiger partial charge in [-0.15, -0.1) is 51.7 Å². The molecule has 7 nitrogen and oxygen atoms in total. The maximum atomic E-state index is 11.6. The van der Waals surface area contributed by atoms with Crippen molar-refractivity contribution in [2.45, 2.75) is 78.8 Å². The number of likely N-dealkylation sites (tertiary alicyclic amines) is 1. The molecule has 1 aliphatic carbocycles. The Kier molecular flexibility index (Phi) is 44.4. The van der Waals surface area contributed by atoms with Crippen LogP contribution in [-0.4, -0.2) is 66.1 Å². The van der Waals surface area contributed by atoms with Crippen molar-refractivity contribution in [3.05, 3.63) is 13.2 Å². The number of nitrogens with one attached hydrogen (secondary N) is 2. The van der Waals surface area contributed by atoms with Crippen molar-refractivity contribution in [1.82, 2.24) is 15.5 Å². The summed E-state index contributed by atoms with van der Waals surface area (Å²) in [6, 6.07) is 0.194. The summed E-state index contributed by atoms with van der Waals surface area (Å²) in [7, 11) is 0. The molecule has 0 bridgehead atoms. The zero-order chi connectivity index (χ0) is 30.1. The minimum Gasteiger partial charge on any atom is -0.365 e. The van der Waals surface area contributed by atoms with Gasteiger partial charge < -0.3 is 20.3 Å². The molecule has 0 radical (unpaired) electrons. The largest absolute Gasteiger partial charge is 0.365 e. The molecule has 37 heavy (non-hydrogen) atoms. The summed E-state index contributed by atoms with van der Waals surface area (Å²) in [5.41, 5.74) is 0. The Labute approximate surface area is 232 Å². The minimum atomic E-state index is -0.196. The third-order valence-electron chi connectivity index (χ3n) is 3.78. The van der Waals surface area contributed by atoms with Crippen LogP contribution in [0.3, 0.4) is 0 Å². The predicted octanol–water partition coefficient (Wildman–Crippen LogP) is 4.39. The topological polar surface area (TPSA) is 90.9 Å². The maximum Gasteiger partial charge on any atom is 0.243 e. The average Bonchev–Trinajstić information content (AvgIpc) is 3.61. The summed E-state index contributed by atoms with van der Waals surface area (Å²) in [6.07, 6.45) is 30.7. The fourth-order valence-corrected chi connectivity index (χ4v) is 3.34. The lowest BCUT2D eigenvalue weighted by atomic mass is 10.2.